The number of carbonyl (C=O) groups excluding carboxylic acids is 2. The average molecular weight is 259 g/mol. The SMILES string of the molecule is CCNCCNC(=O)[C@@H](NC(=O)COC)C(C)C. The fourth-order valence-electron chi connectivity index (χ4n) is 1.44. The molecular weight excluding hydrogens is 234 g/mol. The van der Waals surface area contributed by atoms with E-state index in [2.05, 4.69) is 16.0 Å². The molecule has 0 saturated carbocycles. The summed E-state index contributed by atoms with van der Waals surface area (Å²) in [5.74, 6) is -0.407. The van der Waals surface area contributed by atoms with E-state index in [1.807, 2.05) is 20.8 Å². The van der Waals surface area contributed by atoms with Gasteiger partial charge in [0.1, 0.15) is 12.6 Å². The van der Waals surface area contributed by atoms with Crippen molar-refractivity contribution >= 4 is 11.8 Å². The normalized spacial score (nSPS) is 12.3. The van der Waals surface area contributed by atoms with E-state index in [1.54, 1.807) is 0 Å². The van der Waals surface area contributed by atoms with Crippen LogP contribution in [0.25, 0.3) is 0 Å². The maximum atomic E-state index is 11.9. The zero-order chi connectivity index (χ0) is 14.0. The van der Waals surface area contributed by atoms with Crippen LogP contribution in [0.5, 0.6) is 0 Å². The van der Waals surface area contributed by atoms with Crippen molar-refractivity contribution in [3.63, 3.8) is 0 Å². The number of methoxy groups -OCH3 is 1. The number of nitrogens with one attached hydrogen (secondary N) is 3. The highest BCUT2D eigenvalue weighted by Gasteiger charge is 2.23. The monoisotopic (exact) mass is 259 g/mol. The molecule has 0 rings (SSSR count). The maximum Gasteiger partial charge on any atom is 0.246 e. The molecule has 0 fully saturated rings. The number of hydrogen-bond donors (Lipinski definition) is 3. The van der Waals surface area contributed by atoms with Crippen LogP contribution in [-0.4, -0.2) is 51.2 Å². The van der Waals surface area contributed by atoms with Gasteiger partial charge in [-0.15, -0.1) is 0 Å². The predicted octanol–water partition coefficient (Wildman–Crippen LogP) is -0.501. The first-order valence-corrected chi connectivity index (χ1v) is 6.29. The lowest BCUT2D eigenvalue weighted by Gasteiger charge is -2.21. The Labute approximate surface area is 109 Å². The summed E-state index contributed by atoms with van der Waals surface area (Å²) in [6.45, 7) is 7.89. The Morgan fingerprint density at radius 3 is 2.39 bits per heavy atom. The van der Waals surface area contributed by atoms with Crippen molar-refractivity contribution in [1.29, 1.82) is 0 Å². The average Bonchev–Trinajstić information content (AvgIpc) is 2.31. The van der Waals surface area contributed by atoms with Gasteiger partial charge < -0.3 is 20.7 Å². The first-order valence-electron chi connectivity index (χ1n) is 6.29. The van der Waals surface area contributed by atoms with E-state index in [0.29, 0.717) is 6.54 Å². The Morgan fingerprint density at radius 1 is 1.22 bits per heavy atom. The Bertz CT molecular complexity index is 257. The van der Waals surface area contributed by atoms with Crippen LogP contribution in [0.1, 0.15) is 20.8 Å². The van der Waals surface area contributed by atoms with Gasteiger partial charge in [0.25, 0.3) is 0 Å². The third kappa shape index (κ3) is 7.24. The Balaban J connectivity index is 4.15. The molecule has 0 unspecified atom stereocenters. The minimum absolute atomic E-state index is 0.0324. The van der Waals surface area contributed by atoms with E-state index < -0.39 is 6.04 Å². The number of hydrogen-bond acceptors (Lipinski definition) is 4. The molecule has 18 heavy (non-hydrogen) atoms. The molecule has 0 aliphatic heterocycles. The topological polar surface area (TPSA) is 79.5 Å². The van der Waals surface area contributed by atoms with Crippen molar-refractivity contribution < 1.29 is 14.3 Å². The number of rotatable bonds is 9. The van der Waals surface area contributed by atoms with Gasteiger partial charge in [-0.3, -0.25) is 9.59 Å². The fraction of sp³-hybridized carbons (Fsp3) is 0.833. The van der Waals surface area contributed by atoms with Crippen LogP contribution in [-0.2, 0) is 14.3 Å². The third-order valence-corrected chi connectivity index (χ3v) is 2.39. The molecule has 6 heteroatoms. The van der Waals surface area contributed by atoms with Crippen molar-refractivity contribution in [2.24, 2.45) is 5.92 Å². The largest absolute Gasteiger partial charge is 0.375 e. The van der Waals surface area contributed by atoms with Crippen LogP contribution in [0, 0.1) is 5.92 Å². The summed E-state index contributed by atoms with van der Waals surface area (Å²) < 4.78 is 4.72. The maximum absolute atomic E-state index is 11.9. The lowest BCUT2D eigenvalue weighted by molar-refractivity contribution is -0.131. The minimum atomic E-state index is -0.519. The summed E-state index contributed by atoms with van der Waals surface area (Å²) in [4.78, 5) is 23.3. The molecule has 1 atom stereocenters. The van der Waals surface area contributed by atoms with E-state index in [0.717, 1.165) is 13.1 Å². The highest BCUT2D eigenvalue weighted by molar-refractivity contribution is 5.88. The summed E-state index contributed by atoms with van der Waals surface area (Å²) in [7, 11) is 1.44. The molecule has 0 aromatic carbocycles. The molecule has 0 aliphatic carbocycles. The van der Waals surface area contributed by atoms with Gasteiger partial charge in [0.15, 0.2) is 0 Å². The summed E-state index contributed by atoms with van der Waals surface area (Å²) in [5.41, 5.74) is 0. The van der Waals surface area contributed by atoms with Gasteiger partial charge in [0, 0.05) is 20.2 Å². The van der Waals surface area contributed by atoms with Gasteiger partial charge in [0.2, 0.25) is 11.8 Å². The number of likely N-dealkylation sites (N-methyl/N-ethyl adjacent to an activating group) is 1. The molecular formula is C12H25N3O3. The van der Waals surface area contributed by atoms with E-state index in [1.165, 1.54) is 7.11 Å². The minimum Gasteiger partial charge on any atom is -0.375 e. The Hall–Kier alpha value is -1.14. The summed E-state index contributed by atoms with van der Waals surface area (Å²) in [6, 6.07) is -0.519. The van der Waals surface area contributed by atoms with Crippen molar-refractivity contribution in [3.8, 4) is 0 Å². The van der Waals surface area contributed by atoms with Gasteiger partial charge in [-0.25, -0.2) is 0 Å². The second kappa shape index (κ2) is 9.85. The Kier molecular flexibility index (Phi) is 9.22. The zero-order valence-electron chi connectivity index (χ0n) is 11.7. The molecule has 0 radical (unpaired) electrons. The molecule has 3 N–H and O–H groups in total. The van der Waals surface area contributed by atoms with Gasteiger partial charge in [-0.1, -0.05) is 20.8 Å². The molecule has 0 heterocycles. The molecule has 0 bridgehead atoms. The molecule has 0 aliphatic rings. The smallest absolute Gasteiger partial charge is 0.246 e. The van der Waals surface area contributed by atoms with E-state index in [4.69, 9.17) is 4.74 Å². The molecule has 0 aromatic rings. The van der Waals surface area contributed by atoms with Gasteiger partial charge in [-0.05, 0) is 12.5 Å². The van der Waals surface area contributed by atoms with Gasteiger partial charge >= 0.3 is 0 Å². The van der Waals surface area contributed by atoms with Crippen LogP contribution >= 0.6 is 0 Å². The second-order valence-corrected chi connectivity index (χ2v) is 4.37. The van der Waals surface area contributed by atoms with Crippen LogP contribution in [0.2, 0.25) is 0 Å². The highest BCUT2D eigenvalue weighted by Crippen LogP contribution is 2.01. The molecule has 6 nitrogen and oxygen atoms in total. The van der Waals surface area contributed by atoms with Gasteiger partial charge in [-0.2, -0.15) is 0 Å². The van der Waals surface area contributed by atoms with E-state index >= 15 is 0 Å². The van der Waals surface area contributed by atoms with E-state index in [-0.39, 0.29) is 24.3 Å². The third-order valence-electron chi connectivity index (χ3n) is 2.39. The van der Waals surface area contributed by atoms with Crippen molar-refractivity contribution in [2.75, 3.05) is 33.4 Å². The summed E-state index contributed by atoms with van der Waals surface area (Å²) in [5, 5.41) is 8.56. The van der Waals surface area contributed by atoms with E-state index in [9.17, 15) is 9.59 Å². The standard InChI is InChI=1S/C12H25N3O3/c1-5-13-6-7-14-12(17)11(9(2)3)15-10(16)8-18-4/h9,11,13H,5-8H2,1-4H3,(H,14,17)(H,15,16)/t11-/m0/s1. The molecule has 0 spiro atoms. The number of amides is 2. The molecule has 0 aromatic heterocycles. The van der Waals surface area contributed by atoms with Crippen LogP contribution < -0.4 is 16.0 Å². The lowest BCUT2D eigenvalue weighted by atomic mass is 10.0. The van der Waals surface area contributed by atoms with Crippen molar-refractivity contribution in [3.05, 3.63) is 0 Å². The number of ether oxygens (including phenoxy) is 1. The molecule has 0 saturated heterocycles. The van der Waals surface area contributed by atoms with Crippen LogP contribution in [0.15, 0.2) is 0 Å². The van der Waals surface area contributed by atoms with Crippen LogP contribution in [0.3, 0.4) is 0 Å². The number of carbonyl (C=O) groups is 2. The van der Waals surface area contributed by atoms with Crippen molar-refractivity contribution in [1.82, 2.24) is 16.0 Å². The van der Waals surface area contributed by atoms with Crippen molar-refractivity contribution in [2.45, 2.75) is 26.8 Å². The molecule has 106 valence electrons. The van der Waals surface area contributed by atoms with Crippen LogP contribution in [0.4, 0.5) is 0 Å². The second-order valence-electron chi connectivity index (χ2n) is 4.37. The highest BCUT2D eigenvalue weighted by atomic mass is 16.5. The molecule has 2 amide bonds. The quantitative estimate of drug-likeness (QED) is 0.488. The first kappa shape index (κ1) is 16.9. The summed E-state index contributed by atoms with van der Waals surface area (Å²) >= 11 is 0. The summed E-state index contributed by atoms with van der Waals surface area (Å²) in [6.07, 6.45) is 0. The fourth-order valence-corrected chi connectivity index (χ4v) is 1.44. The van der Waals surface area contributed by atoms with Gasteiger partial charge in [0.05, 0.1) is 0 Å². The zero-order valence-corrected chi connectivity index (χ0v) is 11.7. The predicted molar refractivity (Wildman–Crippen MR) is 70.2 cm³/mol. The Morgan fingerprint density at radius 2 is 1.89 bits per heavy atom. The lowest BCUT2D eigenvalue weighted by Crippen LogP contribution is -2.51. The first-order chi connectivity index (χ1) is 8.52.